The highest BCUT2D eigenvalue weighted by Crippen LogP contribution is 2.41. The maximum atomic E-state index is 11.6. The molecule has 0 aliphatic heterocycles. The van der Waals surface area contributed by atoms with E-state index in [-0.39, 0.29) is 0 Å². The highest BCUT2D eigenvalue weighted by Gasteiger charge is 2.29. The van der Waals surface area contributed by atoms with Gasteiger partial charge in [0.25, 0.3) is 0 Å². The van der Waals surface area contributed by atoms with Gasteiger partial charge in [-0.25, -0.2) is 18.4 Å². The normalized spacial score (nSPS) is 15.2. The molecule has 0 radical (unpaired) electrons. The number of rotatable bonds is 3. The first-order valence-corrected chi connectivity index (χ1v) is 9.54. The molecule has 0 unspecified atom stereocenters. The second-order valence-electron chi connectivity index (χ2n) is 5.83. The van der Waals surface area contributed by atoms with Gasteiger partial charge in [-0.05, 0) is 37.1 Å². The molecule has 2 heterocycles. The summed E-state index contributed by atoms with van der Waals surface area (Å²) in [7, 11) is -3.20. The second kappa shape index (κ2) is 5.04. The first-order chi connectivity index (χ1) is 10.9. The highest BCUT2D eigenvalue weighted by atomic mass is 35.5. The number of hydrogen-bond donors (Lipinski definition) is 0. The van der Waals surface area contributed by atoms with E-state index in [2.05, 4.69) is 14.5 Å². The van der Waals surface area contributed by atoms with E-state index in [1.54, 1.807) is 30.5 Å². The lowest BCUT2D eigenvalue weighted by Crippen LogP contribution is -1.99. The molecule has 1 saturated carbocycles. The van der Waals surface area contributed by atoms with Crippen molar-refractivity contribution in [2.45, 2.75) is 23.8 Å². The van der Waals surface area contributed by atoms with Crippen LogP contribution in [-0.4, -0.2) is 29.2 Å². The predicted molar refractivity (Wildman–Crippen MR) is 89.4 cm³/mol. The van der Waals surface area contributed by atoms with Crippen molar-refractivity contribution in [2.75, 3.05) is 6.26 Å². The zero-order chi connectivity index (χ0) is 16.2. The van der Waals surface area contributed by atoms with Gasteiger partial charge in [-0.3, -0.25) is 0 Å². The topological polar surface area (TPSA) is 64.8 Å². The Morgan fingerprint density at radius 2 is 1.91 bits per heavy atom. The van der Waals surface area contributed by atoms with Crippen molar-refractivity contribution in [2.24, 2.45) is 0 Å². The molecule has 4 rings (SSSR count). The van der Waals surface area contributed by atoms with Crippen LogP contribution in [0.3, 0.4) is 0 Å². The minimum absolute atomic E-state index is 0.306. The minimum Gasteiger partial charge on any atom is -0.321 e. The summed E-state index contributed by atoms with van der Waals surface area (Å²) >= 11 is 6.02. The van der Waals surface area contributed by atoms with Crippen molar-refractivity contribution in [3.05, 3.63) is 41.7 Å². The number of pyridine rings is 1. The van der Waals surface area contributed by atoms with Crippen LogP contribution in [0.2, 0.25) is 5.15 Å². The molecule has 2 aromatic heterocycles. The largest absolute Gasteiger partial charge is 0.321 e. The second-order valence-corrected chi connectivity index (χ2v) is 8.23. The number of fused-ring (bicyclic) bond motifs is 1. The van der Waals surface area contributed by atoms with Crippen molar-refractivity contribution in [1.29, 1.82) is 0 Å². The molecule has 0 bridgehead atoms. The van der Waals surface area contributed by atoms with Crippen LogP contribution in [0.25, 0.3) is 22.4 Å². The zero-order valence-electron chi connectivity index (χ0n) is 12.4. The van der Waals surface area contributed by atoms with Gasteiger partial charge in [-0.15, -0.1) is 0 Å². The number of imidazole rings is 1. The number of nitrogens with zero attached hydrogens (tertiary/aromatic N) is 3. The summed E-state index contributed by atoms with van der Waals surface area (Å²) in [6, 6.07) is 9.08. The average molecular weight is 348 g/mol. The van der Waals surface area contributed by atoms with E-state index in [1.807, 2.05) is 6.07 Å². The maximum absolute atomic E-state index is 11.6. The molecule has 1 aromatic carbocycles. The van der Waals surface area contributed by atoms with Crippen LogP contribution in [0.1, 0.15) is 18.9 Å². The van der Waals surface area contributed by atoms with Crippen molar-refractivity contribution in [3.8, 4) is 11.4 Å². The van der Waals surface area contributed by atoms with E-state index < -0.39 is 9.84 Å². The molecular formula is C16H14ClN3O2S. The molecule has 1 aliphatic rings. The van der Waals surface area contributed by atoms with E-state index in [9.17, 15) is 8.42 Å². The molecule has 23 heavy (non-hydrogen) atoms. The summed E-state index contributed by atoms with van der Waals surface area (Å²) in [5.41, 5.74) is 2.65. The van der Waals surface area contributed by atoms with Gasteiger partial charge >= 0.3 is 0 Å². The monoisotopic (exact) mass is 347 g/mol. The van der Waals surface area contributed by atoms with E-state index in [0.29, 0.717) is 16.1 Å². The molecule has 118 valence electrons. The standard InChI is InChI=1S/C16H14ClN3O2S/c1-23(21,22)12-6-2-10(3-7-12)16-19-13-9-18-15(17)8-14(13)20(16)11-4-5-11/h2-3,6-9,11H,4-5H2,1H3. The summed E-state index contributed by atoms with van der Waals surface area (Å²) < 4.78 is 25.4. The van der Waals surface area contributed by atoms with Gasteiger partial charge in [-0.1, -0.05) is 11.6 Å². The van der Waals surface area contributed by atoms with Crippen molar-refractivity contribution < 1.29 is 8.42 Å². The van der Waals surface area contributed by atoms with E-state index >= 15 is 0 Å². The lowest BCUT2D eigenvalue weighted by Gasteiger charge is -2.08. The Hall–Kier alpha value is -1.92. The van der Waals surface area contributed by atoms with Gasteiger partial charge in [0.15, 0.2) is 9.84 Å². The molecule has 5 nitrogen and oxygen atoms in total. The SMILES string of the molecule is CS(=O)(=O)c1ccc(-c2nc3cnc(Cl)cc3n2C2CC2)cc1. The van der Waals surface area contributed by atoms with Crippen LogP contribution in [0.5, 0.6) is 0 Å². The molecule has 0 saturated heterocycles. The number of aromatic nitrogens is 3. The molecule has 0 amide bonds. The summed E-state index contributed by atoms with van der Waals surface area (Å²) in [6.07, 6.45) is 5.10. The Bertz CT molecular complexity index is 1010. The summed E-state index contributed by atoms with van der Waals surface area (Å²) in [5, 5.41) is 0.443. The third-order valence-electron chi connectivity index (χ3n) is 4.00. The smallest absolute Gasteiger partial charge is 0.175 e. The number of hydrogen-bond acceptors (Lipinski definition) is 4. The maximum Gasteiger partial charge on any atom is 0.175 e. The Morgan fingerprint density at radius 1 is 1.22 bits per heavy atom. The fraction of sp³-hybridized carbons (Fsp3) is 0.250. The lowest BCUT2D eigenvalue weighted by atomic mass is 10.2. The van der Waals surface area contributed by atoms with E-state index in [1.165, 1.54) is 6.26 Å². The fourth-order valence-electron chi connectivity index (χ4n) is 2.73. The van der Waals surface area contributed by atoms with Crippen molar-refractivity contribution >= 4 is 32.5 Å². The van der Waals surface area contributed by atoms with Crippen LogP contribution in [-0.2, 0) is 9.84 Å². The lowest BCUT2D eigenvalue weighted by molar-refractivity contribution is 0.602. The molecule has 3 aromatic rings. The van der Waals surface area contributed by atoms with Crippen LogP contribution >= 0.6 is 11.6 Å². The summed E-state index contributed by atoms with van der Waals surface area (Å²) in [4.78, 5) is 9.07. The Kier molecular flexibility index (Phi) is 3.21. The average Bonchev–Trinajstić information content (AvgIpc) is 3.27. The first kappa shape index (κ1) is 14.7. The Balaban J connectivity index is 1.90. The van der Waals surface area contributed by atoms with Crippen LogP contribution in [0.4, 0.5) is 0 Å². The summed E-state index contributed by atoms with van der Waals surface area (Å²) in [6.45, 7) is 0. The third kappa shape index (κ3) is 2.62. The predicted octanol–water partition coefficient (Wildman–Crippen LogP) is 3.49. The number of halogens is 1. The Labute approximate surface area is 138 Å². The summed E-state index contributed by atoms with van der Waals surface area (Å²) in [5.74, 6) is 0.826. The molecule has 0 spiro atoms. The molecule has 0 atom stereocenters. The van der Waals surface area contributed by atoms with Gasteiger partial charge in [0.05, 0.1) is 16.6 Å². The van der Waals surface area contributed by atoms with Gasteiger partial charge in [0.2, 0.25) is 0 Å². The quantitative estimate of drug-likeness (QED) is 0.680. The first-order valence-electron chi connectivity index (χ1n) is 7.27. The fourth-order valence-corrected chi connectivity index (χ4v) is 3.51. The molecule has 0 N–H and O–H groups in total. The minimum atomic E-state index is -3.20. The third-order valence-corrected chi connectivity index (χ3v) is 5.33. The molecule has 1 fully saturated rings. The molecule has 7 heteroatoms. The van der Waals surface area contributed by atoms with Gasteiger partial charge in [-0.2, -0.15) is 0 Å². The van der Waals surface area contributed by atoms with Gasteiger partial charge in [0, 0.05) is 23.9 Å². The number of benzene rings is 1. The van der Waals surface area contributed by atoms with E-state index in [0.717, 1.165) is 35.3 Å². The number of sulfone groups is 1. The zero-order valence-corrected chi connectivity index (χ0v) is 14.0. The van der Waals surface area contributed by atoms with Crippen molar-refractivity contribution in [3.63, 3.8) is 0 Å². The Morgan fingerprint density at radius 3 is 2.52 bits per heavy atom. The van der Waals surface area contributed by atoms with Crippen LogP contribution in [0, 0.1) is 0 Å². The van der Waals surface area contributed by atoms with E-state index in [4.69, 9.17) is 11.6 Å². The van der Waals surface area contributed by atoms with Gasteiger partial charge < -0.3 is 4.57 Å². The molecule has 1 aliphatic carbocycles. The molecular weight excluding hydrogens is 334 g/mol. The van der Waals surface area contributed by atoms with Crippen LogP contribution < -0.4 is 0 Å². The highest BCUT2D eigenvalue weighted by molar-refractivity contribution is 7.90. The van der Waals surface area contributed by atoms with Gasteiger partial charge in [0.1, 0.15) is 16.5 Å². The van der Waals surface area contributed by atoms with Crippen molar-refractivity contribution in [1.82, 2.24) is 14.5 Å². The van der Waals surface area contributed by atoms with Crippen LogP contribution in [0.15, 0.2) is 41.4 Å².